The summed E-state index contributed by atoms with van der Waals surface area (Å²) in [5.74, 6) is 1.26. The van der Waals surface area contributed by atoms with E-state index >= 15 is 0 Å². The lowest BCUT2D eigenvalue weighted by Gasteiger charge is -2.24. The van der Waals surface area contributed by atoms with Gasteiger partial charge < -0.3 is 14.4 Å². The zero-order valence-electron chi connectivity index (χ0n) is 15.0. The fourth-order valence-electron chi connectivity index (χ4n) is 3.18. The monoisotopic (exact) mass is 398 g/mol. The topological polar surface area (TPSA) is 85.3 Å². The van der Waals surface area contributed by atoms with Gasteiger partial charge in [0.25, 0.3) is 0 Å². The van der Waals surface area contributed by atoms with E-state index in [-0.39, 0.29) is 28.7 Å². The van der Waals surface area contributed by atoms with E-state index in [4.69, 9.17) is 9.47 Å². The van der Waals surface area contributed by atoms with Gasteiger partial charge in [0.1, 0.15) is 0 Å². The van der Waals surface area contributed by atoms with E-state index in [0.29, 0.717) is 29.6 Å². The minimum atomic E-state index is -3.06. The Hall–Kier alpha value is -1.74. The summed E-state index contributed by atoms with van der Waals surface area (Å²) >= 11 is 1.39. The van der Waals surface area contributed by atoms with E-state index in [2.05, 4.69) is 4.99 Å². The number of ether oxygens (including phenoxy) is 2. The van der Waals surface area contributed by atoms with Gasteiger partial charge in [-0.15, -0.1) is 0 Å². The first-order valence-electron chi connectivity index (χ1n) is 8.33. The summed E-state index contributed by atoms with van der Waals surface area (Å²) in [6.45, 7) is 2.22. The van der Waals surface area contributed by atoms with Crippen LogP contribution in [-0.4, -0.2) is 61.4 Å². The molecule has 2 atom stereocenters. The number of hydrogen-bond donors (Lipinski definition) is 0. The Morgan fingerprint density at radius 2 is 2.00 bits per heavy atom. The average molecular weight is 399 g/mol. The van der Waals surface area contributed by atoms with Crippen LogP contribution in [0.4, 0.5) is 0 Å². The third-order valence-corrected chi connectivity index (χ3v) is 7.75. The molecule has 0 N–H and O–H groups in total. The molecule has 2 aliphatic rings. The maximum Gasteiger partial charge on any atom is 0.247 e. The van der Waals surface area contributed by atoms with Crippen molar-refractivity contribution in [2.24, 2.45) is 4.99 Å². The molecule has 9 heteroatoms. The predicted octanol–water partition coefficient (Wildman–Crippen LogP) is 1.71. The molecule has 2 fully saturated rings. The van der Waals surface area contributed by atoms with Crippen molar-refractivity contribution >= 4 is 32.7 Å². The second-order valence-electron chi connectivity index (χ2n) is 6.26. The number of hydrogen-bond acceptors (Lipinski definition) is 6. The molecule has 142 valence electrons. The van der Waals surface area contributed by atoms with Crippen LogP contribution in [0.15, 0.2) is 23.2 Å². The highest BCUT2D eigenvalue weighted by atomic mass is 32.2. The molecule has 2 heterocycles. The highest BCUT2D eigenvalue weighted by molar-refractivity contribution is 8.15. The molecule has 1 aromatic carbocycles. The van der Waals surface area contributed by atoms with Crippen molar-refractivity contribution in [1.29, 1.82) is 0 Å². The summed E-state index contributed by atoms with van der Waals surface area (Å²) in [7, 11) is 0.0835. The number of fused-ring (bicyclic) bond motifs is 1. The van der Waals surface area contributed by atoms with Gasteiger partial charge in [0.2, 0.25) is 5.91 Å². The van der Waals surface area contributed by atoms with Gasteiger partial charge in [-0.25, -0.2) is 8.42 Å². The van der Waals surface area contributed by atoms with Gasteiger partial charge in [-0.2, -0.15) is 4.99 Å². The van der Waals surface area contributed by atoms with Crippen molar-refractivity contribution in [3.05, 3.63) is 23.8 Å². The fourth-order valence-corrected chi connectivity index (χ4v) is 7.15. The summed E-state index contributed by atoms with van der Waals surface area (Å²) < 4.78 is 34.7. The molecule has 26 heavy (non-hydrogen) atoms. The van der Waals surface area contributed by atoms with Crippen molar-refractivity contribution in [2.45, 2.75) is 31.2 Å². The summed E-state index contributed by atoms with van der Waals surface area (Å²) in [6, 6.07) is 5.41. The SMILES string of the molecule is CCC(=O)N=C1S[C@@H]2CS(=O)(=O)C[C@H]2N1Cc1ccc(OC)c(OC)c1. The van der Waals surface area contributed by atoms with Gasteiger partial charge in [-0.3, -0.25) is 4.79 Å². The summed E-state index contributed by atoms with van der Waals surface area (Å²) in [4.78, 5) is 17.9. The van der Waals surface area contributed by atoms with Gasteiger partial charge >= 0.3 is 0 Å². The molecule has 7 nitrogen and oxygen atoms in total. The fraction of sp³-hybridized carbons (Fsp3) is 0.529. The van der Waals surface area contributed by atoms with Crippen LogP contribution in [0, 0.1) is 0 Å². The molecule has 2 aliphatic heterocycles. The minimum Gasteiger partial charge on any atom is -0.493 e. The average Bonchev–Trinajstić information content (AvgIpc) is 3.07. The minimum absolute atomic E-state index is 0.0800. The first kappa shape index (κ1) is 19.0. The Balaban J connectivity index is 1.90. The normalized spacial score (nSPS) is 25.3. The van der Waals surface area contributed by atoms with E-state index in [9.17, 15) is 13.2 Å². The zero-order chi connectivity index (χ0) is 18.9. The number of rotatable bonds is 5. The lowest BCUT2D eigenvalue weighted by atomic mass is 10.1. The molecule has 0 radical (unpaired) electrons. The van der Waals surface area contributed by atoms with Gasteiger partial charge in [0.15, 0.2) is 26.5 Å². The summed E-state index contributed by atoms with van der Waals surface area (Å²) in [5.41, 5.74) is 0.935. The molecule has 2 saturated heterocycles. The Morgan fingerprint density at radius 3 is 2.65 bits per heavy atom. The zero-order valence-corrected chi connectivity index (χ0v) is 16.6. The van der Waals surface area contributed by atoms with E-state index in [0.717, 1.165) is 5.56 Å². The van der Waals surface area contributed by atoms with Crippen LogP contribution in [0.2, 0.25) is 0 Å². The molecular weight excluding hydrogens is 376 g/mol. The van der Waals surface area contributed by atoms with Crippen LogP contribution in [-0.2, 0) is 21.2 Å². The second-order valence-corrected chi connectivity index (χ2v) is 9.62. The smallest absolute Gasteiger partial charge is 0.247 e. The molecule has 0 aliphatic carbocycles. The Morgan fingerprint density at radius 1 is 1.27 bits per heavy atom. The first-order valence-corrected chi connectivity index (χ1v) is 11.0. The Bertz CT molecular complexity index is 838. The number of nitrogens with zero attached hydrogens (tertiary/aromatic N) is 2. The Kier molecular flexibility index (Phi) is 5.47. The predicted molar refractivity (Wildman–Crippen MR) is 102 cm³/mol. The van der Waals surface area contributed by atoms with Crippen LogP contribution in [0.3, 0.4) is 0 Å². The largest absolute Gasteiger partial charge is 0.493 e. The van der Waals surface area contributed by atoms with Crippen LogP contribution < -0.4 is 9.47 Å². The first-order chi connectivity index (χ1) is 12.4. The lowest BCUT2D eigenvalue weighted by molar-refractivity contribution is -0.117. The van der Waals surface area contributed by atoms with Gasteiger partial charge in [-0.1, -0.05) is 24.8 Å². The van der Waals surface area contributed by atoms with E-state index in [1.165, 1.54) is 11.8 Å². The van der Waals surface area contributed by atoms with Crippen molar-refractivity contribution < 1.29 is 22.7 Å². The number of thioether (sulfide) groups is 1. The molecule has 1 aromatic rings. The maximum atomic E-state index is 12.0. The van der Waals surface area contributed by atoms with E-state index in [1.54, 1.807) is 21.1 Å². The van der Waals surface area contributed by atoms with Crippen LogP contribution >= 0.6 is 11.8 Å². The number of benzene rings is 1. The van der Waals surface area contributed by atoms with Crippen molar-refractivity contribution in [3.8, 4) is 11.5 Å². The summed E-state index contributed by atoms with van der Waals surface area (Å²) in [5, 5.41) is 0.528. The van der Waals surface area contributed by atoms with Crippen LogP contribution in [0.1, 0.15) is 18.9 Å². The van der Waals surface area contributed by atoms with Gasteiger partial charge in [-0.05, 0) is 17.7 Å². The third-order valence-electron chi connectivity index (χ3n) is 4.50. The highest BCUT2D eigenvalue weighted by Gasteiger charge is 2.48. The van der Waals surface area contributed by atoms with E-state index < -0.39 is 9.84 Å². The number of amidine groups is 1. The molecule has 0 spiro atoms. The number of amides is 1. The van der Waals surface area contributed by atoms with Gasteiger partial charge in [0, 0.05) is 18.2 Å². The maximum absolute atomic E-state index is 12.0. The number of methoxy groups -OCH3 is 2. The van der Waals surface area contributed by atoms with Crippen LogP contribution in [0.25, 0.3) is 0 Å². The quantitative estimate of drug-likeness (QED) is 0.746. The highest BCUT2D eigenvalue weighted by Crippen LogP contribution is 2.39. The summed E-state index contributed by atoms with van der Waals surface area (Å²) in [6.07, 6.45) is 0.321. The van der Waals surface area contributed by atoms with Crippen LogP contribution in [0.5, 0.6) is 11.5 Å². The molecule has 0 aromatic heterocycles. The number of carbonyl (C=O) groups excluding carboxylic acids is 1. The molecule has 0 saturated carbocycles. The molecule has 1 amide bonds. The lowest BCUT2D eigenvalue weighted by Crippen LogP contribution is -2.37. The van der Waals surface area contributed by atoms with Crippen molar-refractivity contribution in [2.75, 3.05) is 25.7 Å². The number of carbonyl (C=O) groups is 1. The third kappa shape index (κ3) is 3.83. The molecule has 3 rings (SSSR count). The standard InChI is InChI=1S/C17H22N2O5S2/c1-4-16(20)18-17-19(12-9-26(21,22)10-15(12)25-17)8-11-5-6-13(23-2)14(7-11)24-3/h5-7,12,15H,4,8-10H2,1-3H3/t12-,15-/m1/s1. The van der Waals surface area contributed by atoms with Crippen molar-refractivity contribution in [1.82, 2.24) is 4.90 Å². The van der Waals surface area contributed by atoms with Gasteiger partial charge in [0.05, 0.1) is 31.8 Å². The molecular formula is C17H22N2O5S2. The molecule has 0 bridgehead atoms. The molecule has 0 unspecified atom stereocenters. The Labute approximate surface area is 157 Å². The van der Waals surface area contributed by atoms with Crippen molar-refractivity contribution in [3.63, 3.8) is 0 Å². The van der Waals surface area contributed by atoms with E-state index in [1.807, 2.05) is 23.1 Å². The number of sulfone groups is 1. The number of aliphatic imine (C=N–C) groups is 1. The second kappa shape index (κ2) is 7.48.